The van der Waals surface area contributed by atoms with Crippen molar-refractivity contribution in [3.8, 4) is 0 Å². The number of ether oxygens (including phenoxy) is 1. The zero-order valence-corrected chi connectivity index (χ0v) is 9.17. The lowest BCUT2D eigenvalue weighted by Crippen LogP contribution is -2.28. The standard InChI is InChI=1S/C12H13ClO2/c13-10-6-2-1-5-9(10)12(14)11-7-3-4-8-15-11/h1-2,5-6,11H,3-4,7-8H2. The molecule has 1 atom stereocenters. The number of carbonyl (C=O) groups is 1. The van der Waals surface area contributed by atoms with Crippen LogP contribution in [0.4, 0.5) is 0 Å². The number of rotatable bonds is 2. The molecule has 1 heterocycles. The van der Waals surface area contributed by atoms with Gasteiger partial charge in [0, 0.05) is 12.2 Å². The maximum Gasteiger partial charge on any atom is 0.193 e. The van der Waals surface area contributed by atoms with Crippen molar-refractivity contribution < 1.29 is 9.53 Å². The largest absolute Gasteiger partial charge is 0.370 e. The number of carbonyl (C=O) groups excluding carboxylic acids is 1. The highest BCUT2D eigenvalue weighted by atomic mass is 35.5. The monoisotopic (exact) mass is 224 g/mol. The van der Waals surface area contributed by atoms with Gasteiger partial charge in [0.15, 0.2) is 5.78 Å². The first-order valence-electron chi connectivity index (χ1n) is 5.19. The molecule has 0 N–H and O–H groups in total. The molecule has 0 amide bonds. The number of ketones is 1. The first-order chi connectivity index (χ1) is 7.29. The lowest BCUT2D eigenvalue weighted by atomic mass is 10.00. The van der Waals surface area contributed by atoms with Gasteiger partial charge in [-0.25, -0.2) is 0 Å². The molecular weight excluding hydrogens is 212 g/mol. The molecule has 15 heavy (non-hydrogen) atoms. The molecule has 1 aromatic rings. The first kappa shape index (κ1) is 10.7. The predicted molar refractivity (Wildman–Crippen MR) is 59.4 cm³/mol. The third kappa shape index (κ3) is 2.39. The third-order valence-electron chi connectivity index (χ3n) is 2.61. The van der Waals surface area contributed by atoms with E-state index in [-0.39, 0.29) is 11.9 Å². The van der Waals surface area contributed by atoms with E-state index < -0.39 is 0 Å². The zero-order chi connectivity index (χ0) is 10.7. The SMILES string of the molecule is O=C(c1ccccc1Cl)C1CCCCO1. The summed E-state index contributed by atoms with van der Waals surface area (Å²) in [5.74, 6) is 0.0142. The second-order valence-corrected chi connectivity index (χ2v) is 4.11. The number of Topliss-reactive ketones (excluding diaryl/α,β-unsaturated/α-hetero) is 1. The van der Waals surface area contributed by atoms with Gasteiger partial charge < -0.3 is 4.74 Å². The molecule has 0 spiro atoms. The van der Waals surface area contributed by atoms with E-state index in [4.69, 9.17) is 16.3 Å². The van der Waals surface area contributed by atoms with Crippen LogP contribution < -0.4 is 0 Å². The molecule has 80 valence electrons. The van der Waals surface area contributed by atoms with Crippen LogP contribution >= 0.6 is 11.6 Å². The zero-order valence-electron chi connectivity index (χ0n) is 8.41. The lowest BCUT2D eigenvalue weighted by molar-refractivity contribution is 0.0186. The average Bonchev–Trinajstić information content (AvgIpc) is 2.30. The van der Waals surface area contributed by atoms with Gasteiger partial charge in [0.1, 0.15) is 6.10 Å². The molecule has 2 rings (SSSR count). The normalized spacial score (nSPS) is 21.3. The maximum atomic E-state index is 12.0. The Morgan fingerprint density at radius 3 is 2.80 bits per heavy atom. The minimum absolute atomic E-state index is 0.0142. The molecule has 0 aliphatic carbocycles. The lowest BCUT2D eigenvalue weighted by Gasteiger charge is -2.21. The van der Waals surface area contributed by atoms with Gasteiger partial charge in [-0.2, -0.15) is 0 Å². The Hall–Kier alpha value is -0.860. The maximum absolute atomic E-state index is 12.0. The van der Waals surface area contributed by atoms with Crippen molar-refractivity contribution in [2.75, 3.05) is 6.61 Å². The summed E-state index contributed by atoms with van der Waals surface area (Å²) in [7, 11) is 0. The number of halogens is 1. The van der Waals surface area contributed by atoms with Crippen LogP contribution in [0, 0.1) is 0 Å². The van der Waals surface area contributed by atoms with Crippen LogP contribution in [0.3, 0.4) is 0 Å². The Kier molecular flexibility index (Phi) is 3.39. The number of hydrogen-bond acceptors (Lipinski definition) is 2. The van der Waals surface area contributed by atoms with Crippen LogP contribution in [-0.2, 0) is 4.74 Å². The first-order valence-corrected chi connectivity index (χ1v) is 5.57. The molecule has 1 saturated heterocycles. The molecule has 1 aliphatic heterocycles. The van der Waals surface area contributed by atoms with E-state index in [2.05, 4.69) is 0 Å². The Morgan fingerprint density at radius 2 is 2.13 bits per heavy atom. The molecule has 1 aliphatic rings. The smallest absolute Gasteiger partial charge is 0.193 e. The summed E-state index contributed by atoms with van der Waals surface area (Å²) in [5, 5.41) is 0.511. The van der Waals surface area contributed by atoms with Crippen molar-refractivity contribution in [3.05, 3.63) is 34.9 Å². The Labute approximate surface area is 94.2 Å². The van der Waals surface area contributed by atoms with E-state index >= 15 is 0 Å². The summed E-state index contributed by atoms with van der Waals surface area (Å²) in [4.78, 5) is 12.0. The highest BCUT2D eigenvalue weighted by Gasteiger charge is 2.24. The van der Waals surface area contributed by atoms with E-state index in [0.29, 0.717) is 17.2 Å². The quantitative estimate of drug-likeness (QED) is 0.722. The Balaban J connectivity index is 2.16. The molecular formula is C12H13ClO2. The Bertz CT molecular complexity index is 356. The van der Waals surface area contributed by atoms with E-state index in [1.165, 1.54) is 0 Å². The second-order valence-electron chi connectivity index (χ2n) is 3.70. The van der Waals surface area contributed by atoms with Gasteiger partial charge in [0.05, 0.1) is 5.02 Å². The van der Waals surface area contributed by atoms with Gasteiger partial charge in [-0.1, -0.05) is 23.7 Å². The van der Waals surface area contributed by atoms with Crippen molar-refractivity contribution in [2.45, 2.75) is 25.4 Å². The van der Waals surface area contributed by atoms with Crippen molar-refractivity contribution in [1.82, 2.24) is 0 Å². The van der Waals surface area contributed by atoms with Gasteiger partial charge in [-0.15, -0.1) is 0 Å². The van der Waals surface area contributed by atoms with Crippen molar-refractivity contribution in [2.24, 2.45) is 0 Å². The van der Waals surface area contributed by atoms with Crippen LogP contribution in [0.15, 0.2) is 24.3 Å². The summed E-state index contributed by atoms with van der Waals surface area (Å²) in [6.45, 7) is 0.681. The van der Waals surface area contributed by atoms with Crippen LogP contribution in [0.1, 0.15) is 29.6 Å². The predicted octanol–water partition coefficient (Wildman–Crippen LogP) is 3.09. The minimum Gasteiger partial charge on any atom is -0.370 e. The summed E-state index contributed by atoms with van der Waals surface area (Å²) >= 11 is 5.96. The fourth-order valence-electron chi connectivity index (χ4n) is 1.78. The molecule has 0 aromatic heterocycles. The highest BCUT2D eigenvalue weighted by molar-refractivity contribution is 6.34. The molecule has 3 heteroatoms. The number of hydrogen-bond donors (Lipinski definition) is 0. The van der Waals surface area contributed by atoms with Crippen LogP contribution in [0.25, 0.3) is 0 Å². The van der Waals surface area contributed by atoms with Crippen molar-refractivity contribution in [3.63, 3.8) is 0 Å². The van der Waals surface area contributed by atoms with E-state index in [1.807, 2.05) is 12.1 Å². The van der Waals surface area contributed by atoms with Gasteiger partial charge in [-0.05, 0) is 31.4 Å². The average molecular weight is 225 g/mol. The van der Waals surface area contributed by atoms with E-state index in [1.54, 1.807) is 12.1 Å². The summed E-state index contributed by atoms with van der Waals surface area (Å²) in [6, 6.07) is 7.13. The summed E-state index contributed by atoms with van der Waals surface area (Å²) in [5.41, 5.74) is 0.575. The highest BCUT2D eigenvalue weighted by Crippen LogP contribution is 2.22. The van der Waals surface area contributed by atoms with Gasteiger partial charge in [0.2, 0.25) is 0 Å². The molecule has 2 nitrogen and oxygen atoms in total. The molecule has 1 aromatic carbocycles. The fraction of sp³-hybridized carbons (Fsp3) is 0.417. The van der Waals surface area contributed by atoms with Crippen molar-refractivity contribution >= 4 is 17.4 Å². The second kappa shape index (κ2) is 4.77. The topological polar surface area (TPSA) is 26.3 Å². The molecule has 1 unspecified atom stereocenters. The molecule has 0 radical (unpaired) electrons. The Morgan fingerprint density at radius 1 is 1.33 bits per heavy atom. The van der Waals surface area contributed by atoms with Gasteiger partial charge in [-0.3, -0.25) is 4.79 Å². The van der Waals surface area contributed by atoms with Gasteiger partial charge >= 0.3 is 0 Å². The fourth-order valence-corrected chi connectivity index (χ4v) is 2.01. The van der Waals surface area contributed by atoms with Crippen molar-refractivity contribution in [1.29, 1.82) is 0 Å². The van der Waals surface area contributed by atoms with E-state index in [0.717, 1.165) is 19.3 Å². The minimum atomic E-state index is -0.293. The molecule has 0 saturated carbocycles. The van der Waals surface area contributed by atoms with Crippen LogP contribution in [0.5, 0.6) is 0 Å². The van der Waals surface area contributed by atoms with Crippen LogP contribution in [0.2, 0.25) is 5.02 Å². The van der Waals surface area contributed by atoms with Crippen LogP contribution in [-0.4, -0.2) is 18.5 Å². The third-order valence-corrected chi connectivity index (χ3v) is 2.94. The summed E-state index contributed by atoms with van der Waals surface area (Å²) < 4.78 is 5.44. The van der Waals surface area contributed by atoms with Gasteiger partial charge in [0.25, 0.3) is 0 Å². The number of benzene rings is 1. The molecule has 0 bridgehead atoms. The van der Waals surface area contributed by atoms with E-state index in [9.17, 15) is 4.79 Å². The summed E-state index contributed by atoms with van der Waals surface area (Å²) in [6.07, 6.45) is 2.62. The molecule has 1 fully saturated rings.